The molecule has 0 aliphatic heterocycles. The van der Waals surface area contributed by atoms with E-state index >= 15 is 0 Å². The first kappa shape index (κ1) is 19.5. The highest BCUT2D eigenvalue weighted by atomic mass is 35.5. The van der Waals surface area contributed by atoms with E-state index in [2.05, 4.69) is 25.9 Å². The maximum absolute atomic E-state index is 12.2. The summed E-state index contributed by atoms with van der Waals surface area (Å²) in [5.41, 5.74) is 1.40. The van der Waals surface area contributed by atoms with Crippen LogP contribution in [-0.4, -0.2) is 46.2 Å². The number of carbonyl (C=O) groups is 2. The minimum absolute atomic E-state index is 0.0917. The maximum Gasteiger partial charge on any atom is 0.404 e. The quantitative estimate of drug-likeness (QED) is 0.428. The van der Waals surface area contributed by atoms with Crippen LogP contribution in [0.1, 0.15) is 30.1 Å². The van der Waals surface area contributed by atoms with Gasteiger partial charge < -0.3 is 25.5 Å². The van der Waals surface area contributed by atoms with Crippen LogP contribution in [0.3, 0.4) is 0 Å². The number of rotatable bonds is 7. The Bertz CT molecular complexity index is 806. The van der Waals surface area contributed by atoms with Crippen LogP contribution in [0.25, 0.3) is 11.5 Å². The van der Waals surface area contributed by atoms with Gasteiger partial charge in [-0.2, -0.15) is 0 Å². The van der Waals surface area contributed by atoms with Gasteiger partial charge in [-0.1, -0.05) is 11.6 Å². The number of carbonyl (C=O) groups excluding carboxylic acids is 1. The molecule has 2 heterocycles. The van der Waals surface area contributed by atoms with Crippen molar-refractivity contribution in [2.75, 3.05) is 18.4 Å². The molecule has 26 heavy (non-hydrogen) atoms. The van der Waals surface area contributed by atoms with E-state index in [4.69, 9.17) is 21.1 Å². The van der Waals surface area contributed by atoms with Gasteiger partial charge in [0.2, 0.25) is 5.89 Å². The Hall–Kier alpha value is -2.81. The zero-order chi connectivity index (χ0) is 19.3. The minimum atomic E-state index is -1.15. The summed E-state index contributed by atoms with van der Waals surface area (Å²) in [6, 6.07) is 1.81. The monoisotopic (exact) mass is 381 g/mol. The Labute approximate surface area is 155 Å². The van der Waals surface area contributed by atoms with Gasteiger partial charge in [0.1, 0.15) is 10.9 Å². The Morgan fingerprint density at radius 2 is 2.00 bits per heavy atom. The molecule has 0 bridgehead atoms. The zero-order valence-corrected chi connectivity index (χ0v) is 15.3. The fourth-order valence-corrected chi connectivity index (χ4v) is 2.34. The van der Waals surface area contributed by atoms with Crippen molar-refractivity contribution in [1.82, 2.24) is 20.6 Å². The van der Waals surface area contributed by atoms with Crippen molar-refractivity contribution in [1.29, 1.82) is 0 Å². The average molecular weight is 382 g/mol. The van der Waals surface area contributed by atoms with Gasteiger partial charge >= 0.3 is 6.09 Å². The number of pyridine rings is 1. The molecule has 0 spiro atoms. The van der Waals surface area contributed by atoms with E-state index in [1.54, 1.807) is 13.0 Å². The summed E-state index contributed by atoms with van der Waals surface area (Å²) in [4.78, 5) is 30.9. The van der Waals surface area contributed by atoms with Crippen LogP contribution in [0, 0.1) is 6.92 Å². The predicted octanol–water partition coefficient (Wildman–Crippen LogP) is 2.52. The molecule has 140 valence electrons. The third-order valence-electron chi connectivity index (χ3n) is 3.24. The summed E-state index contributed by atoms with van der Waals surface area (Å²) < 4.78 is 5.62. The van der Waals surface area contributed by atoms with E-state index in [9.17, 15) is 9.59 Å². The largest absolute Gasteiger partial charge is 0.465 e. The highest BCUT2D eigenvalue weighted by Gasteiger charge is 2.20. The lowest BCUT2D eigenvalue weighted by atomic mass is 10.2. The van der Waals surface area contributed by atoms with Crippen LogP contribution in [0.2, 0.25) is 5.15 Å². The second-order valence-electron chi connectivity index (χ2n) is 5.76. The number of aromatic nitrogens is 2. The molecule has 0 unspecified atom stereocenters. The van der Waals surface area contributed by atoms with Crippen molar-refractivity contribution in [2.24, 2.45) is 0 Å². The normalized spacial score (nSPS) is 10.7. The molecule has 0 saturated carbocycles. The number of hydrogen-bond donors (Lipinski definition) is 4. The molecule has 0 aromatic carbocycles. The zero-order valence-electron chi connectivity index (χ0n) is 14.6. The number of oxazole rings is 1. The first-order chi connectivity index (χ1) is 12.3. The second kappa shape index (κ2) is 8.52. The lowest BCUT2D eigenvalue weighted by Crippen LogP contribution is -2.34. The van der Waals surface area contributed by atoms with Gasteiger partial charge in [-0.3, -0.25) is 4.79 Å². The molecule has 0 radical (unpaired) electrons. The van der Waals surface area contributed by atoms with Gasteiger partial charge in [0.25, 0.3) is 5.91 Å². The smallest absolute Gasteiger partial charge is 0.404 e. The molecular formula is C16H20ClN5O4. The van der Waals surface area contributed by atoms with Crippen molar-refractivity contribution in [3.63, 3.8) is 0 Å². The number of nitrogens with zero attached hydrogens (tertiary/aromatic N) is 2. The summed E-state index contributed by atoms with van der Waals surface area (Å²) >= 11 is 5.95. The van der Waals surface area contributed by atoms with Crippen LogP contribution in [0.4, 0.5) is 10.5 Å². The van der Waals surface area contributed by atoms with E-state index in [1.807, 2.05) is 13.8 Å². The molecule has 4 N–H and O–H groups in total. The topological polar surface area (TPSA) is 129 Å². The number of carboxylic acid groups (broad SMARTS) is 1. The van der Waals surface area contributed by atoms with Gasteiger partial charge in [-0.15, -0.1) is 0 Å². The molecule has 2 aromatic heterocycles. The molecule has 2 amide bonds. The van der Waals surface area contributed by atoms with Gasteiger partial charge in [0.15, 0.2) is 5.69 Å². The highest BCUT2D eigenvalue weighted by Crippen LogP contribution is 2.30. The fraction of sp³-hybridized carbons (Fsp3) is 0.375. The Morgan fingerprint density at radius 1 is 1.31 bits per heavy atom. The van der Waals surface area contributed by atoms with Crippen molar-refractivity contribution < 1.29 is 19.1 Å². The summed E-state index contributed by atoms with van der Waals surface area (Å²) in [5.74, 6) is 0.128. The van der Waals surface area contributed by atoms with Gasteiger partial charge in [-0.25, -0.2) is 14.8 Å². The van der Waals surface area contributed by atoms with Crippen LogP contribution >= 0.6 is 11.6 Å². The van der Waals surface area contributed by atoms with E-state index < -0.39 is 12.0 Å². The molecule has 9 nitrogen and oxygen atoms in total. The minimum Gasteiger partial charge on any atom is -0.465 e. The molecule has 2 rings (SSSR count). The van der Waals surface area contributed by atoms with Crippen LogP contribution in [0.5, 0.6) is 0 Å². The van der Waals surface area contributed by atoms with E-state index in [-0.39, 0.29) is 30.7 Å². The highest BCUT2D eigenvalue weighted by molar-refractivity contribution is 6.29. The number of nitrogens with one attached hydrogen (secondary N) is 3. The Morgan fingerprint density at radius 3 is 2.65 bits per heavy atom. The van der Waals surface area contributed by atoms with Crippen molar-refractivity contribution >= 4 is 29.3 Å². The van der Waals surface area contributed by atoms with E-state index in [1.165, 1.54) is 6.20 Å². The van der Waals surface area contributed by atoms with Gasteiger partial charge in [0.05, 0.1) is 11.3 Å². The Balaban J connectivity index is 2.19. The molecule has 0 fully saturated rings. The van der Waals surface area contributed by atoms with Gasteiger partial charge in [-0.05, 0) is 26.8 Å². The molecule has 0 aliphatic carbocycles. The summed E-state index contributed by atoms with van der Waals surface area (Å²) in [6.45, 7) is 5.80. The lowest BCUT2D eigenvalue weighted by molar-refractivity contribution is 0.0947. The summed E-state index contributed by atoms with van der Waals surface area (Å²) in [7, 11) is 0. The first-order valence-electron chi connectivity index (χ1n) is 7.92. The van der Waals surface area contributed by atoms with Crippen LogP contribution in [0.15, 0.2) is 16.7 Å². The second-order valence-corrected chi connectivity index (χ2v) is 6.15. The molecule has 0 saturated heterocycles. The predicted molar refractivity (Wildman–Crippen MR) is 96.6 cm³/mol. The maximum atomic E-state index is 12.2. The molecule has 2 aromatic rings. The number of hydrogen-bond acceptors (Lipinski definition) is 6. The summed E-state index contributed by atoms with van der Waals surface area (Å²) in [5, 5.41) is 16.8. The Kier molecular flexibility index (Phi) is 6.40. The van der Waals surface area contributed by atoms with Crippen molar-refractivity contribution in [3.05, 3.63) is 28.9 Å². The average Bonchev–Trinajstić information content (AvgIpc) is 2.92. The first-order valence-corrected chi connectivity index (χ1v) is 8.30. The van der Waals surface area contributed by atoms with Crippen LogP contribution < -0.4 is 16.0 Å². The fourth-order valence-electron chi connectivity index (χ4n) is 2.18. The molecule has 10 heteroatoms. The number of aryl methyl sites for hydroxylation is 1. The van der Waals surface area contributed by atoms with Crippen molar-refractivity contribution in [3.8, 4) is 11.5 Å². The van der Waals surface area contributed by atoms with E-state index in [0.29, 0.717) is 22.2 Å². The summed E-state index contributed by atoms with van der Waals surface area (Å²) in [6.07, 6.45) is 0.371. The third kappa shape index (κ3) is 5.09. The van der Waals surface area contributed by atoms with Crippen molar-refractivity contribution in [2.45, 2.75) is 26.8 Å². The standard InChI is InChI=1S/C16H20ClN5O4/c1-8(2)21-11-6-12(17)20-7-10(11)15-22-13(9(3)26-15)14(23)18-4-5-19-16(24)25/h6-8,19H,4-5H2,1-3H3,(H,18,23)(H,20,21)(H,24,25). The number of amides is 2. The van der Waals surface area contributed by atoms with E-state index in [0.717, 1.165) is 0 Å². The molecular weight excluding hydrogens is 362 g/mol. The molecule has 0 aliphatic rings. The number of anilines is 1. The van der Waals surface area contributed by atoms with Gasteiger partial charge in [0, 0.05) is 25.3 Å². The SMILES string of the molecule is Cc1oc(-c2cnc(Cl)cc2NC(C)C)nc1C(=O)NCCNC(=O)O. The third-order valence-corrected chi connectivity index (χ3v) is 3.45. The molecule has 0 atom stereocenters. The van der Waals surface area contributed by atoms with Crippen LogP contribution in [-0.2, 0) is 0 Å². The number of halogens is 1. The lowest BCUT2D eigenvalue weighted by Gasteiger charge is -2.12.